The molecule has 0 atom stereocenters. The maximum atomic E-state index is 15.0. The maximum absolute atomic E-state index is 15.0. The van der Waals surface area contributed by atoms with Crippen molar-refractivity contribution in [1.82, 2.24) is 0 Å². The van der Waals surface area contributed by atoms with Crippen molar-refractivity contribution in [2.24, 2.45) is 5.92 Å². The first-order chi connectivity index (χ1) is 15.1. The molecular weight excluding hydrogens is 403 g/mol. The lowest BCUT2D eigenvalue weighted by Gasteiger charge is -2.29. The molecule has 1 fully saturated rings. The largest absolute Gasteiger partial charge is 0.441 e. The highest BCUT2D eigenvalue weighted by Crippen LogP contribution is 2.39. The van der Waals surface area contributed by atoms with Crippen LogP contribution < -0.4 is 0 Å². The van der Waals surface area contributed by atoms with E-state index in [1.54, 1.807) is 0 Å². The maximum Gasteiger partial charge on any atom is 0.198 e. The van der Waals surface area contributed by atoms with Gasteiger partial charge in [-0.05, 0) is 78.7 Å². The monoisotopic (exact) mass is 438 g/mol. The number of halogens is 1. The van der Waals surface area contributed by atoms with Crippen molar-refractivity contribution < 1.29 is 8.81 Å². The van der Waals surface area contributed by atoms with Gasteiger partial charge < -0.3 is 4.42 Å². The molecule has 31 heavy (non-hydrogen) atoms. The molecule has 166 valence electrons. The summed E-state index contributed by atoms with van der Waals surface area (Å²) in [4.78, 5) is 0. The first-order valence-corrected chi connectivity index (χ1v) is 12.7. The predicted molar refractivity (Wildman–Crippen MR) is 132 cm³/mol. The molecule has 0 unspecified atom stereocenters. The molecule has 2 aromatic carbocycles. The molecule has 1 aliphatic rings. The lowest BCUT2D eigenvalue weighted by atomic mass is 9.77. The molecule has 0 amide bonds. The molecule has 3 heteroatoms. The summed E-state index contributed by atoms with van der Waals surface area (Å²) < 4.78 is 21.2. The molecule has 0 saturated heterocycles. The summed E-state index contributed by atoms with van der Waals surface area (Å²) in [6.07, 6.45) is 13.7. The summed E-state index contributed by atoms with van der Waals surface area (Å²) in [5.74, 6) is 1.25. The molecule has 1 aliphatic carbocycles. The molecule has 3 aromatic rings. The Morgan fingerprint density at radius 2 is 1.68 bits per heavy atom. The molecular formula is C28H35FOS. The van der Waals surface area contributed by atoms with Crippen LogP contribution in [0.3, 0.4) is 0 Å². The number of hydrogen-bond donors (Lipinski definition) is 0. The highest BCUT2D eigenvalue weighted by molar-refractivity contribution is 7.71. The lowest BCUT2D eigenvalue weighted by molar-refractivity contribution is 0.302. The lowest BCUT2D eigenvalue weighted by Crippen LogP contribution is -2.13. The summed E-state index contributed by atoms with van der Waals surface area (Å²) in [5, 5.41) is 2.77. The molecule has 0 N–H and O–H groups in total. The van der Waals surface area contributed by atoms with Crippen LogP contribution in [0.4, 0.5) is 4.39 Å². The van der Waals surface area contributed by atoms with Crippen LogP contribution in [0.15, 0.2) is 34.7 Å². The van der Waals surface area contributed by atoms with E-state index in [0.29, 0.717) is 28.2 Å². The Labute approximate surface area is 191 Å². The van der Waals surface area contributed by atoms with Crippen molar-refractivity contribution >= 4 is 34.0 Å². The molecule has 0 radical (unpaired) electrons. The zero-order valence-corrected chi connectivity index (χ0v) is 19.8. The summed E-state index contributed by atoms with van der Waals surface area (Å²) in [6, 6.07) is 10.5. The van der Waals surface area contributed by atoms with Crippen LogP contribution in [0.5, 0.6) is 0 Å². The van der Waals surface area contributed by atoms with E-state index in [2.05, 4.69) is 32.0 Å². The van der Waals surface area contributed by atoms with Gasteiger partial charge in [-0.2, -0.15) is 0 Å². The second kappa shape index (κ2) is 10.3. The van der Waals surface area contributed by atoms with Gasteiger partial charge in [0.2, 0.25) is 0 Å². The second-order valence-electron chi connectivity index (χ2n) is 9.43. The smallest absolute Gasteiger partial charge is 0.198 e. The summed E-state index contributed by atoms with van der Waals surface area (Å²) in [6.45, 7) is 4.33. The molecule has 0 aliphatic heterocycles. The quantitative estimate of drug-likeness (QED) is 0.197. The van der Waals surface area contributed by atoms with Gasteiger partial charge in [-0.3, -0.25) is 0 Å². The van der Waals surface area contributed by atoms with E-state index in [9.17, 15) is 4.39 Å². The van der Waals surface area contributed by atoms with E-state index >= 15 is 0 Å². The zero-order valence-electron chi connectivity index (χ0n) is 19.0. The summed E-state index contributed by atoms with van der Waals surface area (Å²) in [7, 11) is 0. The third-order valence-corrected chi connectivity index (χ3v) is 7.53. The van der Waals surface area contributed by atoms with E-state index in [0.717, 1.165) is 28.5 Å². The minimum Gasteiger partial charge on any atom is -0.441 e. The molecule has 4 rings (SSSR count). The average Bonchev–Trinajstić information content (AvgIpc) is 2.79. The van der Waals surface area contributed by atoms with Crippen molar-refractivity contribution in [2.45, 2.75) is 90.4 Å². The summed E-state index contributed by atoms with van der Waals surface area (Å²) in [5.41, 5.74) is 2.37. The van der Waals surface area contributed by atoms with Gasteiger partial charge in [0, 0.05) is 10.8 Å². The Hall–Kier alpha value is -1.74. The SMILES string of the molecule is CCCCCCC1CCC(c2ccc3c(c2)c(=S)oc2c(F)c(CCC)ccc23)CC1. The minimum atomic E-state index is -0.256. The topological polar surface area (TPSA) is 13.1 Å². The number of fused-ring (bicyclic) bond motifs is 3. The fourth-order valence-corrected chi connectivity index (χ4v) is 5.63. The van der Waals surface area contributed by atoms with Gasteiger partial charge in [-0.1, -0.05) is 76.6 Å². The zero-order chi connectivity index (χ0) is 21.8. The first-order valence-electron chi connectivity index (χ1n) is 12.3. The summed E-state index contributed by atoms with van der Waals surface area (Å²) >= 11 is 5.56. The predicted octanol–water partition coefficient (Wildman–Crippen LogP) is 9.65. The Morgan fingerprint density at radius 1 is 0.903 bits per heavy atom. The Kier molecular flexibility index (Phi) is 7.43. The number of unbranched alkanes of at least 4 members (excludes halogenated alkanes) is 3. The average molecular weight is 439 g/mol. The number of hydrogen-bond acceptors (Lipinski definition) is 2. The minimum absolute atomic E-state index is 0.256. The fraction of sp³-hybridized carbons (Fsp3) is 0.536. The molecule has 1 saturated carbocycles. The van der Waals surface area contributed by atoms with Crippen molar-refractivity contribution in [3.63, 3.8) is 0 Å². The van der Waals surface area contributed by atoms with E-state index in [4.69, 9.17) is 16.6 Å². The van der Waals surface area contributed by atoms with Gasteiger partial charge in [0.25, 0.3) is 0 Å². The van der Waals surface area contributed by atoms with Crippen LogP contribution >= 0.6 is 12.2 Å². The van der Waals surface area contributed by atoms with Crippen molar-refractivity contribution in [2.75, 3.05) is 0 Å². The van der Waals surface area contributed by atoms with Crippen molar-refractivity contribution in [3.8, 4) is 0 Å². The van der Waals surface area contributed by atoms with Gasteiger partial charge in [0.1, 0.15) is 0 Å². The number of benzene rings is 2. The van der Waals surface area contributed by atoms with Crippen molar-refractivity contribution in [1.29, 1.82) is 0 Å². The van der Waals surface area contributed by atoms with Crippen LogP contribution in [0.2, 0.25) is 0 Å². The van der Waals surface area contributed by atoms with Gasteiger partial charge in [-0.15, -0.1) is 0 Å². The highest BCUT2D eigenvalue weighted by atomic mass is 32.1. The molecule has 1 aromatic heterocycles. The van der Waals surface area contributed by atoms with E-state index in [-0.39, 0.29) is 5.82 Å². The number of aryl methyl sites for hydroxylation is 1. The highest BCUT2D eigenvalue weighted by Gasteiger charge is 2.23. The third kappa shape index (κ3) is 4.87. The van der Waals surface area contributed by atoms with Gasteiger partial charge in [0.05, 0.1) is 0 Å². The normalized spacial score (nSPS) is 19.3. The fourth-order valence-electron chi connectivity index (χ4n) is 5.38. The second-order valence-corrected chi connectivity index (χ2v) is 9.80. The third-order valence-electron chi connectivity index (χ3n) is 7.23. The van der Waals surface area contributed by atoms with Gasteiger partial charge >= 0.3 is 0 Å². The number of rotatable bonds is 8. The van der Waals surface area contributed by atoms with Crippen LogP contribution in [0, 0.1) is 16.4 Å². The standard InChI is InChI=1S/C28H35FOS/c1-3-5-6-7-9-19-10-12-20(13-11-19)22-15-16-23-24-17-14-21(8-4-2)26(29)27(24)30-28(31)25(23)18-22/h14-20H,3-13H2,1-2H3. The Balaban J connectivity index is 1.55. The molecule has 1 nitrogen and oxygen atoms in total. The molecule has 0 spiro atoms. The van der Waals surface area contributed by atoms with E-state index in [1.165, 1.54) is 63.4 Å². The van der Waals surface area contributed by atoms with E-state index < -0.39 is 0 Å². The van der Waals surface area contributed by atoms with Crippen LogP contribution in [-0.4, -0.2) is 0 Å². The Morgan fingerprint density at radius 3 is 2.42 bits per heavy atom. The van der Waals surface area contributed by atoms with Gasteiger partial charge in [-0.25, -0.2) is 4.39 Å². The molecule has 0 bridgehead atoms. The Bertz CT molecular complexity index is 1090. The van der Waals surface area contributed by atoms with Crippen LogP contribution in [0.1, 0.15) is 95.1 Å². The molecule has 1 heterocycles. The van der Waals surface area contributed by atoms with Crippen molar-refractivity contribution in [3.05, 3.63) is 52.0 Å². The first kappa shape index (κ1) is 22.5. The van der Waals surface area contributed by atoms with Gasteiger partial charge in [0.15, 0.2) is 16.1 Å². The van der Waals surface area contributed by atoms with E-state index in [1.807, 2.05) is 12.1 Å². The van der Waals surface area contributed by atoms with Crippen LogP contribution in [-0.2, 0) is 6.42 Å². The van der Waals surface area contributed by atoms with Crippen LogP contribution in [0.25, 0.3) is 21.7 Å².